The minimum Gasteiger partial charge on any atom is -0.392 e. The second-order valence-electron chi connectivity index (χ2n) is 5.57. The summed E-state index contributed by atoms with van der Waals surface area (Å²) in [6, 6.07) is 7.93. The predicted octanol–water partition coefficient (Wildman–Crippen LogP) is 3.34. The summed E-state index contributed by atoms with van der Waals surface area (Å²) in [5.74, 6) is 0. The van der Waals surface area contributed by atoms with Crippen LogP contribution < -0.4 is 0 Å². The van der Waals surface area contributed by atoms with Gasteiger partial charge >= 0.3 is 0 Å². The van der Waals surface area contributed by atoms with Crippen LogP contribution in [0.3, 0.4) is 0 Å². The zero-order valence-corrected chi connectivity index (χ0v) is 13.4. The van der Waals surface area contributed by atoms with Crippen LogP contribution in [0.1, 0.15) is 29.1 Å². The molecule has 3 nitrogen and oxygen atoms in total. The molecule has 2 heterocycles. The molecule has 1 aliphatic rings. The molecule has 5 heteroatoms. The molecule has 0 saturated carbocycles. The van der Waals surface area contributed by atoms with E-state index in [1.165, 1.54) is 5.56 Å². The van der Waals surface area contributed by atoms with Gasteiger partial charge in [0.25, 0.3) is 0 Å². The molecule has 0 radical (unpaired) electrons. The fourth-order valence-corrected chi connectivity index (χ4v) is 3.63. The van der Waals surface area contributed by atoms with Gasteiger partial charge in [-0.15, -0.1) is 11.3 Å². The molecular formula is C16H19ClN2OS. The van der Waals surface area contributed by atoms with Crippen LogP contribution >= 0.6 is 22.9 Å². The van der Waals surface area contributed by atoms with Crippen LogP contribution in [0.25, 0.3) is 0 Å². The Bertz CT molecular complexity index is 584. The molecular weight excluding hydrogens is 304 g/mol. The van der Waals surface area contributed by atoms with Crippen LogP contribution in [0.2, 0.25) is 5.02 Å². The minimum atomic E-state index is -0.175. The van der Waals surface area contributed by atoms with Crippen molar-refractivity contribution in [2.24, 2.45) is 0 Å². The summed E-state index contributed by atoms with van der Waals surface area (Å²) >= 11 is 7.60. The zero-order valence-electron chi connectivity index (χ0n) is 11.8. The van der Waals surface area contributed by atoms with Gasteiger partial charge in [0.15, 0.2) is 0 Å². The number of aliphatic hydroxyl groups excluding tert-OH is 1. The van der Waals surface area contributed by atoms with Crippen molar-refractivity contribution in [1.82, 2.24) is 9.88 Å². The number of aromatic nitrogens is 1. The number of aliphatic hydroxyl groups is 1. The highest BCUT2D eigenvalue weighted by molar-refractivity contribution is 7.09. The summed E-state index contributed by atoms with van der Waals surface area (Å²) in [6.45, 7) is 2.67. The largest absolute Gasteiger partial charge is 0.392 e. The highest BCUT2D eigenvalue weighted by Crippen LogP contribution is 2.19. The lowest BCUT2D eigenvalue weighted by molar-refractivity contribution is 0.0663. The molecule has 1 aromatic heterocycles. The molecule has 1 fully saturated rings. The Labute approximate surface area is 134 Å². The average Bonchev–Trinajstić information content (AvgIpc) is 2.89. The Hall–Kier alpha value is -0.940. The first-order valence-corrected chi connectivity index (χ1v) is 8.53. The molecule has 1 atom stereocenters. The van der Waals surface area contributed by atoms with Gasteiger partial charge in [0.2, 0.25) is 0 Å². The lowest BCUT2D eigenvalue weighted by Gasteiger charge is -2.29. The summed E-state index contributed by atoms with van der Waals surface area (Å²) in [5, 5.41) is 13.7. The number of benzene rings is 1. The summed E-state index contributed by atoms with van der Waals surface area (Å²) in [7, 11) is 0. The van der Waals surface area contributed by atoms with Crippen molar-refractivity contribution >= 4 is 22.9 Å². The van der Waals surface area contributed by atoms with Crippen molar-refractivity contribution in [2.45, 2.75) is 31.9 Å². The Balaban J connectivity index is 1.59. The van der Waals surface area contributed by atoms with Crippen molar-refractivity contribution in [3.8, 4) is 0 Å². The molecule has 0 amide bonds. The summed E-state index contributed by atoms with van der Waals surface area (Å²) in [5.41, 5.74) is 2.34. The second kappa shape index (κ2) is 6.88. The maximum atomic E-state index is 9.71. The fraction of sp³-hybridized carbons (Fsp3) is 0.438. The highest BCUT2D eigenvalue weighted by Gasteiger charge is 2.18. The van der Waals surface area contributed by atoms with Crippen LogP contribution in [-0.4, -0.2) is 34.2 Å². The number of hydrogen-bond donors (Lipinski definition) is 1. The van der Waals surface area contributed by atoms with E-state index in [0.717, 1.165) is 54.6 Å². The van der Waals surface area contributed by atoms with Gasteiger partial charge in [-0.2, -0.15) is 0 Å². The van der Waals surface area contributed by atoms with E-state index in [1.54, 1.807) is 11.3 Å². The van der Waals surface area contributed by atoms with Crippen LogP contribution in [0.15, 0.2) is 29.6 Å². The Morgan fingerprint density at radius 2 is 2.14 bits per heavy atom. The number of nitrogens with zero attached hydrogens (tertiary/aromatic N) is 2. The second-order valence-corrected chi connectivity index (χ2v) is 6.95. The summed E-state index contributed by atoms with van der Waals surface area (Å²) < 4.78 is 0. The van der Waals surface area contributed by atoms with E-state index >= 15 is 0 Å². The van der Waals surface area contributed by atoms with Crippen molar-refractivity contribution in [3.05, 3.63) is 50.9 Å². The Morgan fingerprint density at radius 3 is 2.90 bits per heavy atom. The molecule has 112 valence electrons. The fourth-order valence-electron chi connectivity index (χ4n) is 2.68. The molecule has 1 saturated heterocycles. The maximum Gasteiger partial charge on any atom is 0.0972 e. The monoisotopic (exact) mass is 322 g/mol. The number of thiazole rings is 1. The standard InChI is InChI=1S/C16H19ClN2OS/c17-13-5-3-12(4-6-13)8-16-18-14(11-21-16)9-19-7-1-2-15(20)10-19/h3-6,11,15,20H,1-2,7-10H2. The van der Waals surface area contributed by atoms with Crippen LogP contribution in [-0.2, 0) is 13.0 Å². The van der Waals surface area contributed by atoms with E-state index in [9.17, 15) is 5.11 Å². The normalized spacial score (nSPS) is 19.8. The van der Waals surface area contributed by atoms with Crippen LogP contribution in [0.5, 0.6) is 0 Å². The van der Waals surface area contributed by atoms with Gasteiger partial charge in [-0.05, 0) is 37.1 Å². The third-order valence-corrected chi connectivity index (χ3v) is 4.88. The van der Waals surface area contributed by atoms with Crippen molar-refractivity contribution in [3.63, 3.8) is 0 Å². The SMILES string of the molecule is OC1CCCN(Cc2csc(Cc3ccc(Cl)cc3)n2)C1. The van der Waals surface area contributed by atoms with Crippen LogP contribution in [0.4, 0.5) is 0 Å². The van der Waals surface area contributed by atoms with Crippen LogP contribution in [0, 0.1) is 0 Å². The Morgan fingerprint density at radius 1 is 1.33 bits per heavy atom. The predicted molar refractivity (Wildman–Crippen MR) is 86.9 cm³/mol. The van der Waals surface area contributed by atoms with Crippen molar-refractivity contribution in [1.29, 1.82) is 0 Å². The highest BCUT2D eigenvalue weighted by atomic mass is 35.5. The third-order valence-electron chi connectivity index (χ3n) is 3.73. The van der Waals surface area contributed by atoms with Gasteiger partial charge in [-0.3, -0.25) is 4.90 Å². The van der Waals surface area contributed by atoms with E-state index in [1.807, 2.05) is 24.3 Å². The van der Waals surface area contributed by atoms with E-state index in [2.05, 4.69) is 10.3 Å². The Kier molecular flexibility index (Phi) is 4.91. The van der Waals surface area contributed by atoms with Gasteiger partial charge in [0.05, 0.1) is 16.8 Å². The molecule has 21 heavy (non-hydrogen) atoms. The molecule has 0 bridgehead atoms. The van der Waals surface area contributed by atoms with Crippen molar-refractivity contribution < 1.29 is 5.11 Å². The lowest BCUT2D eigenvalue weighted by Crippen LogP contribution is -2.37. The van der Waals surface area contributed by atoms with Gasteiger partial charge in [-0.25, -0.2) is 4.98 Å². The average molecular weight is 323 g/mol. The number of hydrogen-bond acceptors (Lipinski definition) is 4. The first kappa shape index (κ1) is 15.0. The van der Waals surface area contributed by atoms with Crippen molar-refractivity contribution in [2.75, 3.05) is 13.1 Å². The molecule has 0 aliphatic carbocycles. The molecule has 1 N–H and O–H groups in total. The molecule has 2 aromatic rings. The smallest absolute Gasteiger partial charge is 0.0972 e. The minimum absolute atomic E-state index is 0.175. The van der Waals surface area contributed by atoms with E-state index in [0.29, 0.717) is 0 Å². The number of likely N-dealkylation sites (tertiary alicyclic amines) is 1. The summed E-state index contributed by atoms with van der Waals surface area (Å²) in [4.78, 5) is 7.00. The molecule has 1 unspecified atom stereocenters. The molecule has 0 spiro atoms. The zero-order chi connectivity index (χ0) is 14.7. The maximum absolute atomic E-state index is 9.71. The van der Waals surface area contributed by atoms with E-state index in [-0.39, 0.29) is 6.10 Å². The van der Waals surface area contributed by atoms with Gasteiger partial charge < -0.3 is 5.11 Å². The van der Waals surface area contributed by atoms with Gasteiger partial charge in [0, 0.05) is 29.9 Å². The van der Waals surface area contributed by atoms with Gasteiger partial charge in [-0.1, -0.05) is 23.7 Å². The molecule has 3 rings (SSSR count). The van der Waals surface area contributed by atoms with Gasteiger partial charge in [0.1, 0.15) is 0 Å². The third kappa shape index (κ3) is 4.27. The number of piperidine rings is 1. The number of halogens is 1. The summed E-state index contributed by atoms with van der Waals surface area (Å²) in [6.07, 6.45) is 2.67. The number of rotatable bonds is 4. The first-order valence-electron chi connectivity index (χ1n) is 7.27. The molecule has 1 aromatic carbocycles. The lowest BCUT2D eigenvalue weighted by atomic mass is 10.1. The quantitative estimate of drug-likeness (QED) is 0.938. The first-order chi connectivity index (χ1) is 10.2. The van der Waals surface area contributed by atoms with E-state index in [4.69, 9.17) is 16.6 Å². The number of β-amino-alcohol motifs (C(OH)–C–C–N with tert-alkyl or cyclic N) is 1. The molecule has 1 aliphatic heterocycles. The van der Waals surface area contributed by atoms with E-state index < -0.39 is 0 Å². The topological polar surface area (TPSA) is 36.4 Å².